The molecule has 0 saturated heterocycles. The van der Waals surface area contributed by atoms with E-state index < -0.39 is 0 Å². The molecule has 1 unspecified atom stereocenters. The molecule has 2 nitrogen and oxygen atoms in total. The van der Waals surface area contributed by atoms with E-state index in [9.17, 15) is 4.79 Å². The van der Waals surface area contributed by atoms with E-state index in [0.29, 0.717) is 0 Å². The molecule has 1 aromatic heterocycles. The van der Waals surface area contributed by atoms with Gasteiger partial charge in [0.1, 0.15) is 0 Å². The van der Waals surface area contributed by atoms with Gasteiger partial charge < -0.3 is 4.57 Å². The van der Waals surface area contributed by atoms with Crippen LogP contribution in [0.2, 0.25) is 0 Å². The highest BCUT2D eigenvalue weighted by Crippen LogP contribution is 2.39. The average Bonchev–Trinajstić information content (AvgIpc) is 2.92. The Morgan fingerprint density at radius 3 is 2.71 bits per heavy atom. The lowest BCUT2D eigenvalue weighted by atomic mass is 9.76. The molecule has 1 aromatic carbocycles. The molecule has 0 bridgehead atoms. The zero-order valence-electron chi connectivity index (χ0n) is 17.6. The van der Waals surface area contributed by atoms with Crippen molar-refractivity contribution in [1.82, 2.24) is 4.57 Å². The Bertz CT molecular complexity index is 1100. The van der Waals surface area contributed by atoms with Gasteiger partial charge >= 0.3 is 0 Å². The normalized spacial score (nSPS) is 23.0. The van der Waals surface area contributed by atoms with E-state index in [0.717, 1.165) is 24.9 Å². The Hall–Kier alpha value is -2.61. The van der Waals surface area contributed by atoms with Crippen molar-refractivity contribution in [2.24, 2.45) is 5.41 Å². The maximum absolute atomic E-state index is 11.9. The molecule has 2 heteroatoms. The van der Waals surface area contributed by atoms with Gasteiger partial charge in [-0.3, -0.25) is 4.79 Å². The molecule has 4 rings (SSSR count). The molecule has 1 heterocycles. The lowest BCUT2D eigenvalue weighted by molar-refractivity contribution is 0.101. The Kier molecular flexibility index (Phi) is 4.53. The molecular weight excluding hydrogens is 342 g/mol. The summed E-state index contributed by atoms with van der Waals surface area (Å²) in [6.07, 6.45) is 13.6. The van der Waals surface area contributed by atoms with Crippen molar-refractivity contribution in [2.45, 2.75) is 54.0 Å². The molecule has 0 spiro atoms. The number of carbonyl (C=O) groups is 1. The largest absolute Gasteiger partial charge is 0.341 e. The number of aryl methyl sites for hydroxylation is 1. The summed E-state index contributed by atoms with van der Waals surface area (Å²) in [4.78, 5) is 11.9. The highest BCUT2D eigenvalue weighted by atomic mass is 16.1. The first kappa shape index (κ1) is 18.7. The molecule has 144 valence electrons. The number of rotatable bonds is 3. The standard InChI is InChI=1S/C26H29NO/c1-6-27-24-9-7-20(16-26(5)14-17(2)11-18(3)15-26)12-22(24)23-13-21(19(4)28)8-10-25(23)27/h7-11,13-14,16H,6,12,15H2,1-5H3. The van der Waals surface area contributed by atoms with E-state index in [-0.39, 0.29) is 11.2 Å². The second-order valence-corrected chi connectivity index (χ2v) is 8.69. The van der Waals surface area contributed by atoms with E-state index in [1.807, 2.05) is 6.07 Å². The fourth-order valence-electron chi connectivity index (χ4n) is 5.10. The van der Waals surface area contributed by atoms with Crippen LogP contribution in [0.3, 0.4) is 0 Å². The minimum Gasteiger partial charge on any atom is -0.341 e. The highest BCUT2D eigenvalue weighted by Gasteiger charge is 2.25. The summed E-state index contributed by atoms with van der Waals surface area (Å²) in [5.74, 6) is 0.125. The maximum atomic E-state index is 11.9. The van der Waals surface area contributed by atoms with Crippen molar-refractivity contribution in [2.75, 3.05) is 0 Å². The lowest BCUT2D eigenvalue weighted by Crippen LogP contribution is -2.15. The third-order valence-electron chi connectivity index (χ3n) is 5.98. The number of hydrogen-bond donors (Lipinski definition) is 0. The molecule has 0 N–H and O–H groups in total. The molecule has 0 amide bonds. The summed E-state index contributed by atoms with van der Waals surface area (Å²) in [5, 5.41) is 1.22. The number of nitrogens with zero attached hydrogens (tertiary/aromatic N) is 1. The van der Waals surface area contributed by atoms with Crippen molar-refractivity contribution in [3.63, 3.8) is 0 Å². The monoisotopic (exact) mass is 371 g/mol. The van der Waals surface area contributed by atoms with Crippen LogP contribution in [0, 0.1) is 5.41 Å². The summed E-state index contributed by atoms with van der Waals surface area (Å²) in [6.45, 7) is 11.5. The van der Waals surface area contributed by atoms with E-state index in [2.05, 4.69) is 74.8 Å². The minimum atomic E-state index is 0.0633. The molecule has 2 aromatic rings. The van der Waals surface area contributed by atoms with Crippen molar-refractivity contribution in [3.05, 3.63) is 76.0 Å². The lowest BCUT2D eigenvalue weighted by Gasteiger charge is -2.28. The van der Waals surface area contributed by atoms with Crippen LogP contribution in [-0.4, -0.2) is 10.4 Å². The van der Waals surface area contributed by atoms with Gasteiger partial charge in [-0.05, 0) is 75.9 Å². The van der Waals surface area contributed by atoms with Gasteiger partial charge in [0.05, 0.1) is 0 Å². The first-order valence-electron chi connectivity index (χ1n) is 10.2. The zero-order valence-corrected chi connectivity index (χ0v) is 17.6. The molecule has 2 aliphatic carbocycles. The number of hydrogen-bond acceptors (Lipinski definition) is 1. The van der Waals surface area contributed by atoms with Gasteiger partial charge in [0.25, 0.3) is 0 Å². The van der Waals surface area contributed by atoms with E-state index in [1.54, 1.807) is 6.92 Å². The topological polar surface area (TPSA) is 22.0 Å². The van der Waals surface area contributed by atoms with Gasteiger partial charge in [0.15, 0.2) is 5.78 Å². The minimum absolute atomic E-state index is 0.0633. The van der Waals surface area contributed by atoms with Crippen LogP contribution in [-0.2, 0) is 13.0 Å². The molecule has 0 aliphatic heterocycles. The summed E-state index contributed by atoms with van der Waals surface area (Å²) in [7, 11) is 0. The second-order valence-electron chi connectivity index (χ2n) is 8.69. The molecule has 28 heavy (non-hydrogen) atoms. The first-order valence-corrected chi connectivity index (χ1v) is 10.2. The number of Topliss-reactive ketones (excluding diaryl/α,β-unsaturated/α-hetero) is 1. The molecule has 0 fully saturated rings. The Balaban J connectivity index is 1.80. The Morgan fingerprint density at radius 1 is 1.25 bits per heavy atom. The molecule has 0 radical (unpaired) electrons. The van der Waals surface area contributed by atoms with Crippen LogP contribution in [0.15, 0.2) is 59.2 Å². The summed E-state index contributed by atoms with van der Waals surface area (Å²) >= 11 is 0. The fraction of sp³-hybridized carbons (Fsp3) is 0.346. The van der Waals surface area contributed by atoms with Crippen LogP contribution >= 0.6 is 0 Å². The van der Waals surface area contributed by atoms with Gasteiger partial charge in [0.2, 0.25) is 0 Å². The number of benzene rings is 1. The predicted octanol–water partition coefficient (Wildman–Crippen LogP) is 6.66. The predicted molar refractivity (Wildman–Crippen MR) is 119 cm³/mol. The smallest absolute Gasteiger partial charge is 0.159 e. The van der Waals surface area contributed by atoms with Gasteiger partial charge in [-0.1, -0.05) is 42.4 Å². The Labute approximate surface area is 167 Å². The summed E-state index contributed by atoms with van der Waals surface area (Å²) < 4.78 is 2.36. The SMILES string of the molecule is CCn1c2c(c3cc(C(C)=O)ccc31)CC(=CC1(C)C=C(C)C=C(C)C1)C=C2. The van der Waals surface area contributed by atoms with Crippen LogP contribution in [0.5, 0.6) is 0 Å². The van der Waals surface area contributed by atoms with Crippen molar-refractivity contribution in [3.8, 4) is 0 Å². The van der Waals surface area contributed by atoms with E-state index in [4.69, 9.17) is 0 Å². The second kappa shape index (κ2) is 6.77. The Morgan fingerprint density at radius 2 is 2.04 bits per heavy atom. The highest BCUT2D eigenvalue weighted by molar-refractivity contribution is 6.00. The first-order chi connectivity index (χ1) is 13.3. The molecular formula is C26H29NO. The van der Waals surface area contributed by atoms with Crippen molar-refractivity contribution in [1.29, 1.82) is 0 Å². The number of aromatic nitrogens is 1. The van der Waals surface area contributed by atoms with Crippen LogP contribution in [0.1, 0.15) is 62.7 Å². The van der Waals surface area contributed by atoms with Gasteiger partial charge in [-0.15, -0.1) is 0 Å². The zero-order chi connectivity index (χ0) is 20.1. The maximum Gasteiger partial charge on any atom is 0.159 e. The molecule has 2 aliphatic rings. The van der Waals surface area contributed by atoms with Crippen molar-refractivity contribution >= 4 is 22.8 Å². The number of carbonyl (C=O) groups excluding carboxylic acids is 1. The van der Waals surface area contributed by atoms with E-state index >= 15 is 0 Å². The van der Waals surface area contributed by atoms with E-state index in [1.165, 1.54) is 38.9 Å². The third-order valence-corrected chi connectivity index (χ3v) is 5.98. The van der Waals surface area contributed by atoms with Gasteiger partial charge in [-0.2, -0.15) is 0 Å². The molecule has 0 saturated carbocycles. The number of fused-ring (bicyclic) bond motifs is 3. The van der Waals surface area contributed by atoms with Crippen molar-refractivity contribution < 1.29 is 4.79 Å². The van der Waals surface area contributed by atoms with Crippen LogP contribution < -0.4 is 0 Å². The van der Waals surface area contributed by atoms with Gasteiger partial charge in [0, 0.05) is 34.1 Å². The third kappa shape index (κ3) is 3.22. The fourth-order valence-corrected chi connectivity index (χ4v) is 5.10. The average molecular weight is 372 g/mol. The van der Waals surface area contributed by atoms with Crippen LogP contribution in [0.4, 0.5) is 0 Å². The summed E-state index contributed by atoms with van der Waals surface area (Å²) in [5.41, 5.74) is 8.85. The van der Waals surface area contributed by atoms with Gasteiger partial charge in [-0.25, -0.2) is 0 Å². The quantitative estimate of drug-likeness (QED) is 0.553. The summed E-state index contributed by atoms with van der Waals surface area (Å²) in [6, 6.07) is 6.14. The number of ketones is 1. The molecule has 1 atom stereocenters. The van der Waals surface area contributed by atoms with Crippen LogP contribution in [0.25, 0.3) is 17.0 Å². The number of allylic oxidation sites excluding steroid dienone is 7.